The lowest BCUT2D eigenvalue weighted by Gasteiger charge is -2.09. The van der Waals surface area contributed by atoms with Gasteiger partial charge in [0.15, 0.2) is 5.11 Å². The van der Waals surface area contributed by atoms with Gasteiger partial charge >= 0.3 is 5.97 Å². The molecule has 15 heavy (non-hydrogen) atoms. The number of carbonyl (C=O) groups is 2. The molecule has 0 aromatic carbocycles. The van der Waals surface area contributed by atoms with Crippen molar-refractivity contribution in [1.29, 1.82) is 0 Å². The number of esters is 1. The fourth-order valence-electron chi connectivity index (χ4n) is 1.04. The van der Waals surface area contributed by atoms with Gasteiger partial charge in [-0.1, -0.05) is 6.08 Å². The minimum absolute atomic E-state index is 0.119. The van der Waals surface area contributed by atoms with Gasteiger partial charge in [-0.3, -0.25) is 9.69 Å². The van der Waals surface area contributed by atoms with Gasteiger partial charge in [-0.2, -0.15) is 0 Å². The molecule has 1 aliphatic heterocycles. The Hall–Kier alpha value is -1.69. The van der Waals surface area contributed by atoms with Crippen LogP contribution in [0.15, 0.2) is 24.4 Å². The molecule has 1 aliphatic rings. The Balaban J connectivity index is 2.86. The van der Waals surface area contributed by atoms with Crippen molar-refractivity contribution in [2.24, 2.45) is 0 Å². The average Bonchev–Trinajstić information content (AvgIpc) is 2.46. The van der Waals surface area contributed by atoms with Gasteiger partial charge in [0.1, 0.15) is 5.70 Å². The van der Waals surface area contributed by atoms with Crippen molar-refractivity contribution in [3.63, 3.8) is 0 Å². The molecule has 0 unspecified atom stereocenters. The number of nitrogens with zero attached hydrogens (tertiary/aromatic N) is 1. The Labute approximate surface area is 92.4 Å². The standard InChI is InChI=1S/C9H10N2O3S/c1-3-4-11-8(13)6(10-9(11)15)5-7(12)14-2/h3,5H,1,4H2,2H3,(H,10,15). The molecule has 80 valence electrons. The van der Waals surface area contributed by atoms with Crippen molar-refractivity contribution in [1.82, 2.24) is 10.2 Å². The molecule has 1 fully saturated rings. The second kappa shape index (κ2) is 4.70. The summed E-state index contributed by atoms with van der Waals surface area (Å²) in [4.78, 5) is 23.8. The van der Waals surface area contributed by atoms with Crippen LogP contribution in [0.1, 0.15) is 0 Å². The summed E-state index contributed by atoms with van der Waals surface area (Å²) in [5.41, 5.74) is 0.119. The van der Waals surface area contributed by atoms with Crippen molar-refractivity contribution in [2.45, 2.75) is 0 Å². The first kappa shape index (κ1) is 11.4. The molecule has 1 N–H and O–H groups in total. The van der Waals surface area contributed by atoms with E-state index in [1.807, 2.05) is 0 Å². The molecule has 0 saturated carbocycles. The van der Waals surface area contributed by atoms with Gasteiger partial charge in [0.25, 0.3) is 5.91 Å². The van der Waals surface area contributed by atoms with Crippen LogP contribution in [0, 0.1) is 0 Å². The summed E-state index contributed by atoms with van der Waals surface area (Å²) < 4.78 is 4.40. The third-order valence-corrected chi connectivity index (χ3v) is 2.06. The number of thiocarbonyl (C=S) groups is 1. The van der Waals surface area contributed by atoms with Crippen LogP contribution in [-0.2, 0) is 14.3 Å². The van der Waals surface area contributed by atoms with Crippen LogP contribution >= 0.6 is 12.2 Å². The average molecular weight is 226 g/mol. The van der Waals surface area contributed by atoms with Crippen molar-refractivity contribution in [2.75, 3.05) is 13.7 Å². The first-order valence-electron chi connectivity index (χ1n) is 4.13. The highest BCUT2D eigenvalue weighted by Crippen LogP contribution is 2.09. The Morgan fingerprint density at radius 2 is 2.40 bits per heavy atom. The lowest BCUT2D eigenvalue weighted by molar-refractivity contribution is -0.135. The summed E-state index contributed by atoms with van der Waals surface area (Å²) in [7, 11) is 1.23. The highest BCUT2D eigenvalue weighted by Gasteiger charge is 2.30. The summed E-state index contributed by atoms with van der Waals surface area (Å²) >= 11 is 4.90. The lowest BCUT2D eigenvalue weighted by atomic mass is 10.4. The molecular formula is C9H10N2O3S. The largest absolute Gasteiger partial charge is 0.466 e. The van der Waals surface area contributed by atoms with Crippen LogP contribution < -0.4 is 5.32 Å². The van der Waals surface area contributed by atoms with E-state index < -0.39 is 5.97 Å². The lowest BCUT2D eigenvalue weighted by Crippen LogP contribution is -2.30. The third kappa shape index (κ3) is 2.41. The molecule has 1 heterocycles. The zero-order valence-electron chi connectivity index (χ0n) is 8.15. The van der Waals surface area contributed by atoms with Gasteiger partial charge in [-0.25, -0.2) is 4.79 Å². The molecule has 6 heteroatoms. The highest BCUT2D eigenvalue weighted by atomic mass is 32.1. The van der Waals surface area contributed by atoms with Gasteiger partial charge < -0.3 is 10.1 Å². The van der Waals surface area contributed by atoms with Crippen molar-refractivity contribution >= 4 is 29.2 Å². The second-order valence-electron chi connectivity index (χ2n) is 2.72. The van der Waals surface area contributed by atoms with Crippen LogP contribution in [0.25, 0.3) is 0 Å². The molecular weight excluding hydrogens is 216 g/mol. The number of hydrogen-bond acceptors (Lipinski definition) is 4. The summed E-state index contributed by atoms with van der Waals surface area (Å²) in [6, 6.07) is 0. The summed E-state index contributed by atoms with van der Waals surface area (Å²) in [6.07, 6.45) is 2.62. The zero-order valence-corrected chi connectivity index (χ0v) is 8.97. The van der Waals surface area contributed by atoms with E-state index in [2.05, 4.69) is 16.6 Å². The van der Waals surface area contributed by atoms with Gasteiger partial charge in [0.05, 0.1) is 13.2 Å². The van der Waals surface area contributed by atoms with E-state index in [0.717, 1.165) is 6.08 Å². The van der Waals surface area contributed by atoms with E-state index in [4.69, 9.17) is 12.2 Å². The van der Waals surface area contributed by atoms with E-state index >= 15 is 0 Å². The van der Waals surface area contributed by atoms with Crippen LogP contribution in [-0.4, -0.2) is 35.5 Å². The van der Waals surface area contributed by atoms with Crippen molar-refractivity contribution < 1.29 is 14.3 Å². The van der Waals surface area contributed by atoms with E-state index in [1.54, 1.807) is 6.08 Å². The molecule has 5 nitrogen and oxygen atoms in total. The SMILES string of the molecule is C=CCN1C(=O)C(=CC(=O)OC)NC1=S. The zero-order chi connectivity index (χ0) is 11.4. The second-order valence-corrected chi connectivity index (χ2v) is 3.10. The van der Waals surface area contributed by atoms with E-state index in [9.17, 15) is 9.59 Å². The molecule has 0 aromatic heterocycles. The number of ether oxygens (including phenoxy) is 1. The van der Waals surface area contributed by atoms with Gasteiger partial charge in [0.2, 0.25) is 0 Å². The third-order valence-electron chi connectivity index (χ3n) is 1.74. The number of carbonyl (C=O) groups excluding carboxylic acids is 2. The van der Waals surface area contributed by atoms with E-state index in [-0.39, 0.29) is 16.7 Å². The molecule has 1 rings (SSSR count). The topological polar surface area (TPSA) is 58.6 Å². The van der Waals surface area contributed by atoms with Crippen molar-refractivity contribution in [3.05, 3.63) is 24.4 Å². The number of nitrogens with one attached hydrogen (secondary N) is 1. The smallest absolute Gasteiger partial charge is 0.332 e. The summed E-state index contributed by atoms with van der Waals surface area (Å²) in [5, 5.41) is 2.88. The van der Waals surface area contributed by atoms with Gasteiger partial charge in [0, 0.05) is 6.54 Å². The predicted octanol–water partition coefficient (Wildman–Crippen LogP) is -0.0540. The molecule has 0 spiro atoms. The Morgan fingerprint density at radius 1 is 1.73 bits per heavy atom. The highest BCUT2D eigenvalue weighted by molar-refractivity contribution is 7.80. The number of methoxy groups -OCH3 is 1. The Kier molecular flexibility index (Phi) is 3.56. The summed E-state index contributed by atoms with van der Waals surface area (Å²) in [6.45, 7) is 3.81. The first-order chi connectivity index (χ1) is 7.10. The molecule has 0 aliphatic carbocycles. The van der Waals surface area contributed by atoms with E-state index in [0.29, 0.717) is 6.54 Å². The minimum atomic E-state index is -0.603. The van der Waals surface area contributed by atoms with Crippen LogP contribution in [0.2, 0.25) is 0 Å². The fourth-order valence-corrected chi connectivity index (χ4v) is 1.31. The normalized spacial score (nSPS) is 17.9. The molecule has 1 saturated heterocycles. The van der Waals surface area contributed by atoms with Crippen LogP contribution in [0.5, 0.6) is 0 Å². The maximum atomic E-state index is 11.6. The molecule has 0 bridgehead atoms. The summed E-state index contributed by atoms with van der Waals surface area (Å²) in [5.74, 6) is -0.959. The minimum Gasteiger partial charge on any atom is -0.466 e. The maximum absolute atomic E-state index is 11.6. The van der Waals surface area contributed by atoms with Crippen molar-refractivity contribution in [3.8, 4) is 0 Å². The maximum Gasteiger partial charge on any atom is 0.332 e. The molecule has 1 amide bonds. The Morgan fingerprint density at radius 3 is 2.93 bits per heavy atom. The monoisotopic (exact) mass is 226 g/mol. The first-order valence-corrected chi connectivity index (χ1v) is 4.54. The van der Waals surface area contributed by atoms with E-state index in [1.165, 1.54) is 12.0 Å². The number of hydrogen-bond donors (Lipinski definition) is 1. The number of rotatable bonds is 3. The fraction of sp³-hybridized carbons (Fsp3) is 0.222. The quantitative estimate of drug-likeness (QED) is 0.316. The van der Waals surface area contributed by atoms with Crippen LogP contribution in [0.3, 0.4) is 0 Å². The molecule has 0 atom stereocenters. The Bertz CT molecular complexity index is 362. The molecule has 0 aromatic rings. The predicted molar refractivity (Wildman–Crippen MR) is 57.7 cm³/mol. The van der Waals surface area contributed by atoms with Gasteiger partial charge in [-0.15, -0.1) is 6.58 Å². The van der Waals surface area contributed by atoms with Crippen LogP contribution in [0.4, 0.5) is 0 Å². The molecule has 0 radical (unpaired) electrons. The van der Waals surface area contributed by atoms with Gasteiger partial charge in [-0.05, 0) is 12.2 Å². The number of amides is 1.